The average Bonchev–Trinajstić information content (AvgIpc) is 3.32. The van der Waals surface area contributed by atoms with Crippen molar-refractivity contribution in [3.05, 3.63) is 76.9 Å². The zero-order valence-corrected chi connectivity index (χ0v) is 15.1. The zero-order valence-electron chi connectivity index (χ0n) is 14.4. The summed E-state index contributed by atoms with van der Waals surface area (Å²) in [5.41, 5.74) is 3.42. The van der Waals surface area contributed by atoms with Crippen LogP contribution in [-0.2, 0) is 6.42 Å². The number of amides is 1. The summed E-state index contributed by atoms with van der Waals surface area (Å²) in [5, 5.41) is 7.85. The van der Waals surface area contributed by atoms with Gasteiger partial charge in [0, 0.05) is 23.2 Å². The first kappa shape index (κ1) is 16.9. The average molecular weight is 366 g/mol. The number of aromatic nitrogens is 2. The van der Waals surface area contributed by atoms with Gasteiger partial charge in [-0.1, -0.05) is 54.1 Å². The van der Waals surface area contributed by atoms with Crippen molar-refractivity contribution in [2.45, 2.75) is 25.3 Å². The summed E-state index contributed by atoms with van der Waals surface area (Å²) >= 11 is 6.05. The van der Waals surface area contributed by atoms with E-state index in [0.717, 1.165) is 37.1 Å². The predicted molar refractivity (Wildman–Crippen MR) is 103 cm³/mol. The van der Waals surface area contributed by atoms with Crippen molar-refractivity contribution in [1.82, 2.24) is 15.1 Å². The first-order valence-electron chi connectivity index (χ1n) is 8.87. The third-order valence-corrected chi connectivity index (χ3v) is 5.12. The molecule has 132 valence electrons. The van der Waals surface area contributed by atoms with E-state index in [0.29, 0.717) is 10.7 Å². The normalized spacial score (nSPS) is 16.8. The maximum absolute atomic E-state index is 13.0. The lowest BCUT2D eigenvalue weighted by Gasteiger charge is -2.24. The Kier molecular flexibility index (Phi) is 4.76. The minimum Gasteiger partial charge on any atom is -0.334 e. The summed E-state index contributed by atoms with van der Waals surface area (Å²) in [4.78, 5) is 15.0. The smallest absolute Gasteiger partial charge is 0.272 e. The van der Waals surface area contributed by atoms with Crippen LogP contribution in [0.15, 0.2) is 60.7 Å². The molecule has 1 fully saturated rings. The van der Waals surface area contributed by atoms with E-state index in [1.807, 2.05) is 53.4 Å². The molecule has 3 aromatic rings. The van der Waals surface area contributed by atoms with Crippen molar-refractivity contribution in [3.8, 4) is 11.3 Å². The highest BCUT2D eigenvalue weighted by Gasteiger charge is 2.30. The molecule has 1 aliphatic rings. The molecule has 0 bridgehead atoms. The highest BCUT2D eigenvalue weighted by molar-refractivity contribution is 6.30. The monoisotopic (exact) mass is 365 g/mol. The van der Waals surface area contributed by atoms with Gasteiger partial charge in [0.15, 0.2) is 0 Å². The molecular formula is C21H20ClN3O. The number of benzene rings is 2. The second-order valence-electron chi connectivity index (χ2n) is 6.66. The molecule has 2 aromatic carbocycles. The van der Waals surface area contributed by atoms with E-state index in [2.05, 4.69) is 22.3 Å². The fraction of sp³-hybridized carbons (Fsp3) is 0.238. The van der Waals surface area contributed by atoms with Crippen LogP contribution in [-0.4, -0.2) is 33.6 Å². The van der Waals surface area contributed by atoms with Crippen LogP contribution in [0, 0.1) is 0 Å². The van der Waals surface area contributed by atoms with E-state index in [1.165, 1.54) is 5.56 Å². The van der Waals surface area contributed by atoms with Crippen LogP contribution in [0.25, 0.3) is 11.3 Å². The lowest BCUT2D eigenvalue weighted by molar-refractivity contribution is 0.0730. The fourth-order valence-corrected chi connectivity index (χ4v) is 3.77. The number of carbonyl (C=O) groups excluding carboxylic acids is 1. The Bertz CT molecular complexity index is 906. The fourth-order valence-electron chi connectivity index (χ4n) is 3.58. The van der Waals surface area contributed by atoms with E-state index in [9.17, 15) is 4.79 Å². The maximum atomic E-state index is 13.0. The maximum Gasteiger partial charge on any atom is 0.272 e. The van der Waals surface area contributed by atoms with Crippen molar-refractivity contribution in [2.75, 3.05) is 6.54 Å². The van der Waals surface area contributed by atoms with Crippen LogP contribution in [0.1, 0.15) is 28.9 Å². The Morgan fingerprint density at radius 1 is 1.15 bits per heavy atom. The topological polar surface area (TPSA) is 49.0 Å². The quantitative estimate of drug-likeness (QED) is 0.735. The molecule has 4 nitrogen and oxygen atoms in total. The Hall–Kier alpha value is -2.59. The molecule has 5 heteroatoms. The minimum absolute atomic E-state index is 0.0178. The minimum atomic E-state index is 0.0178. The van der Waals surface area contributed by atoms with Crippen molar-refractivity contribution in [1.29, 1.82) is 0 Å². The molecule has 0 radical (unpaired) electrons. The molecule has 0 spiro atoms. The molecule has 26 heavy (non-hydrogen) atoms. The van der Waals surface area contributed by atoms with Gasteiger partial charge in [-0.05, 0) is 43.0 Å². The van der Waals surface area contributed by atoms with Crippen LogP contribution < -0.4 is 0 Å². The van der Waals surface area contributed by atoms with E-state index in [4.69, 9.17) is 11.6 Å². The van der Waals surface area contributed by atoms with Crippen LogP contribution in [0.5, 0.6) is 0 Å². The van der Waals surface area contributed by atoms with E-state index < -0.39 is 0 Å². The van der Waals surface area contributed by atoms with E-state index in [-0.39, 0.29) is 11.9 Å². The first-order valence-corrected chi connectivity index (χ1v) is 9.25. The van der Waals surface area contributed by atoms with Crippen molar-refractivity contribution < 1.29 is 4.79 Å². The van der Waals surface area contributed by atoms with Gasteiger partial charge in [0.1, 0.15) is 5.69 Å². The van der Waals surface area contributed by atoms with Crippen molar-refractivity contribution in [3.63, 3.8) is 0 Å². The first-order chi connectivity index (χ1) is 12.7. The van der Waals surface area contributed by atoms with Crippen LogP contribution in [0.4, 0.5) is 0 Å². The molecule has 0 aliphatic carbocycles. The molecule has 1 saturated heterocycles. The third kappa shape index (κ3) is 3.51. The van der Waals surface area contributed by atoms with Gasteiger partial charge in [0.05, 0.1) is 5.69 Å². The highest BCUT2D eigenvalue weighted by Crippen LogP contribution is 2.25. The van der Waals surface area contributed by atoms with Crippen LogP contribution in [0.2, 0.25) is 5.02 Å². The van der Waals surface area contributed by atoms with Crippen LogP contribution >= 0.6 is 11.6 Å². The Balaban J connectivity index is 1.52. The molecule has 1 aliphatic heterocycles. The summed E-state index contributed by atoms with van der Waals surface area (Å²) in [5.74, 6) is 0.0178. The highest BCUT2D eigenvalue weighted by atomic mass is 35.5. The molecule has 0 saturated carbocycles. The molecular weight excluding hydrogens is 346 g/mol. The number of aromatic amines is 1. The molecule has 2 heterocycles. The third-order valence-electron chi connectivity index (χ3n) is 4.88. The Labute approximate surface area is 157 Å². The molecule has 1 N–H and O–H groups in total. The number of rotatable bonds is 4. The van der Waals surface area contributed by atoms with E-state index in [1.54, 1.807) is 0 Å². The molecule has 1 aromatic heterocycles. The van der Waals surface area contributed by atoms with Gasteiger partial charge >= 0.3 is 0 Å². The van der Waals surface area contributed by atoms with Crippen molar-refractivity contribution in [2.24, 2.45) is 0 Å². The van der Waals surface area contributed by atoms with Gasteiger partial charge in [0.25, 0.3) is 5.91 Å². The Morgan fingerprint density at radius 3 is 2.81 bits per heavy atom. The largest absolute Gasteiger partial charge is 0.334 e. The summed E-state index contributed by atoms with van der Waals surface area (Å²) in [6.07, 6.45) is 2.97. The summed E-state index contributed by atoms with van der Waals surface area (Å²) in [7, 11) is 0. The SMILES string of the molecule is O=C(c1cc(-c2cccc(Cl)c2)n[nH]1)N1CCC[C@H]1Cc1ccccc1. The summed E-state index contributed by atoms with van der Waals surface area (Å²) in [6.45, 7) is 0.794. The number of hydrogen-bond donors (Lipinski definition) is 1. The second-order valence-corrected chi connectivity index (χ2v) is 7.10. The number of halogens is 1. The van der Waals surface area contributed by atoms with Gasteiger partial charge in [-0.2, -0.15) is 5.10 Å². The Morgan fingerprint density at radius 2 is 2.00 bits per heavy atom. The van der Waals surface area contributed by atoms with Gasteiger partial charge in [-0.25, -0.2) is 0 Å². The number of hydrogen-bond acceptors (Lipinski definition) is 2. The van der Waals surface area contributed by atoms with Gasteiger partial charge in [-0.3, -0.25) is 9.89 Å². The van der Waals surface area contributed by atoms with Gasteiger partial charge in [-0.15, -0.1) is 0 Å². The number of likely N-dealkylation sites (tertiary alicyclic amines) is 1. The lowest BCUT2D eigenvalue weighted by Crippen LogP contribution is -2.37. The predicted octanol–water partition coefficient (Wildman–Crippen LogP) is 4.58. The molecule has 1 atom stereocenters. The van der Waals surface area contributed by atoms with Crippen molar-refractivity contribution >= 4 is 17.5 Å². The summed E-state index contributed by atoms with van der Waals surface area (Å²) in [6, 6.07) is 19.9. The number of H-pyrrole nitrogens is 1. The zero-order chi connectivity index (χ0) is 17.9. The van der Waals surface area contributed by atoms with Gasteiger partial charge in [0.2, 0.25) is 0 Å². The number of nitrogens with zero attached hydrogens (tertiary/aromatic N) is 2. The standard InChI is InChI=1S/C21H20ClN3O/c22-17-9-4-8-16(13-17)19-14-20(24-23-19)21(26)25-11-5-10-18(25)12-15-6-2-1-3-7-15/h1-4,6-9,13-14,18H,5,10-12H2,(H,23,24)/t18-/m0/s1. The molecule has 4 rings (SSSR count). The second kappa shape index (κ2) is 7.34. The molecule has 1 amide bonds. The van der Waals surface area contributed by atoms with Gasteiger partial charge < -0.3 is 4.90 Å². The van der Waals surface area contributed by atoms with E-state index >= 15 is 0 Å². The number of carbonyl (C=O) groups is 1. The number of nitrogens with one attached hydrogen (secondary N) is 1. The lowest BCUT2D eigenvalue weighted by atomic mass is 10.0. The van der Waals surface area contributed by atoms with Crippen LogP contribution in [0.3, 0.4) is 0 Å². The summed E-state index contributed by atoms with van der Waals surface area (Å²) < 4.78 is 0. The molecule has 0 unspecified atom stereocenters.